The molecule has 6 nitrogen and oxygen atoms in total. The van der Waals surface area contributed by atoms with Gasteiger partial charge in [-0.2, -0.15) is 4.68 Å². The quantitative estimate of drug-likeness (QED) is 0.507. The summed E-state index contributed by atoms with van der Waals surface area (Å²) in [4.78, 5) is 12.4. The van der Waals surface area contributed by atoms with Crippen molar-refractivity contribution < 1.29 is 0 Å². The molecule has 0 aliphatic carbocycles. The van der Waals surface area contributed by atoms with Gasteiger partial charge in [-0.1, -0.05) is 71.4 Å². The van der Waals surface area contributed by atoms with Crippen LogP contribution in [-0.2, 0) is 5.75 Å². The minimum atomic E-state index is -0.526. The molecule has 0 fully saturated rings. The number of nitrogen functional groups attached to an aromatic ring is 1. The van der Waals surface area contributed by atoms with E-state index >= 15 is 0 Å². The number of halogens is 2. The second-order valence-corrected chi connectivity index (χ2v) is 6.76. The fourth-order valence-electron chi connectivity index (χ4n) is 2.02. The molecule has 0 amide bonds. The first-order chi connectivity index (χ1) is 12.1. The van der Waals surface area contributed by atoms with E-state index in [1.807, 2.05) is 30.3 Å². The van der Waals surface area contributed by atoms with E-state index in [2.05, 4.69) is 15.5 Å². The summed E-state index contributed by atoms with van der Waals surface area (Å²) >= 11 is 13.5. The molecule has 1 heterocycles. The number of para-hydroxylation sites is 1. The average molecular weight is 394 g/mol. The molecule has 9 heteroatoms. The first-order valence-corrected chi connectivity index (χ1v) is 8.93. The number of rotatable bonds is 5. The summed E-state index contributed by atoms with van der Waals surface area (Å²) in [6, 6.07) is 14.8. The van der Waals surface area contributed by atoms with Gasteiger partial charge in [-0.25, -0.2) is 0 Å². The van der Waals surface area contributed by atoms with Crippen LogP contribution in [-0.4, -0.2) is 14.9 Å². The number of hydrogen-bond acceptors (Lipinski definition) is 6. The third kappa shape index (κ3) is 4.07. The molecule has 0 radical (unpaired) electrons. The standard InChI is InChI=1S/C16H13Cl2N5OS/c17-11-7-4-8-12(18)13(11)20-14-15(24)23(19)16(22-21-14)25-9-10-5-2-1-3-6-10/h1-8H,9,19H2,(H,20,21). The summed E-state index contributed by atoms with van der Waals surface area (Å²) in [5.41, 5.74) is 0.940. The van der Waals surface area contributed by atoms with E-state index in [0.717, 1.165) is 10.2 Å². The minimum absolute atomic E-state index is 0.0541. The van der Waals surface area contributed by atoms with E-state index in [1.165, 1.54) is 11.8 Å². The molecule has 3 aromatic rings. The zero-order valence-corrected chi connectivity index (χ0v) is 15.1. The molecule has 0 aliphatic rings. The lowest BCUT2D eigenvalue weighted by molar-refractivity contribution is 0.705. The molecule has 25 heavy (non-hydrogen) atoms. The number of hydrogen-bond donors (Lipinski definition) is 2. The number of nitrogens with two attached hydrogens (primary N) is 1. The summed E-state index contributed by atoms with van der Waals surface area (Å²) in [5.74, 6) is 6.42. The van der Waals surface area contributed by atoms with Crippen molar-refractivity contribution >= 4 is 46.5 Å². The molecule has 0 atom stereocenters. The Labute approximate surface area is 157 Å². The first kappa shape index (κ1) is 17.6. The normalized spacial score (nSPS) is 10.6. The van der Waals surface area contributed by atoms with Crippen molar-refractivity contribution in [3.63, 3.8) is 0 Å². The van der Waals surface area contributed by atoms with E-state index in [-0.39, 0.29) is 5.82 Å². The number of benzene rings is 2. The Kier molecular flexibility index (Phi) is 5.47. The van der Waals surface area contributed by atoms with E-state index in [4.69, 9.17) is 29.0 Å². The fraction of sp³-hybridized carbons (Fsp3) is 0.0625. The van der Waals surface area contributed by atoms with Crippen LogP contribution in [0.5, 0.6) is 0 Å². The molecule has 0 unspecified atom stereocenters. The van der Waals surface area contributed by atoms with Crippen LogP contribution >= 0.6 is 35.0 Å². The van der Waals surface area contributed by atoms with Crippen molar-refractivity contribution in [2.24, 2.45) is 0 Å². The second-order valence-electron chi connectivity index (χ2n) is 5.00. The second kappa shape index (κ2) is 7.77. The van der Waals surface area contributed by atoms with Gasteiger partial charge in [-0.05, 0) is 17.7 Å². The Hall–Kier alpha value is -2.22. The predicted octanol–water partition coefficient (Wildman–Crippen LogP) is 3.69. The van der Waals surface area contributed by atoms with Crippen LogP contribution < -0.4 is 16.7 Å². The lowest BCUT2D eigenvalue weighted by Crippen LogP contribution is -2.32. The van der Waals surface area contributed by atoms with Crippen molar-refractivity contribution in [2.45, 2.75) is 10.9 Å². The molecular weight excluding hydrogens is 381 g/mol. The third-order valence-corrected chi connectivity index (χ3v) is 4.92. The van der Waals surface area contributed by atoms with Gasteiger partial charge in [-0.3, -0.25) is 4.79 Å². The van der Waals surface area contributed by atoms with E-state index in [1.54, 1.807) is 18.2 Å². The SMILES string of the molecule is Nn1c(SCc2ccccc2)nnc(Nc2c(Cl)cccc2Cl)c1=O. The maximum Gasteiger partial charge on any atom is 0.315 e. The monoisotopic (exact) mass is 393 g/mol. The minimum Gasteiger partial charge on any atom is -0.334 e. The molecule has 3 rings (SSSR count). The molecule has 0 spiro atoms. The molecule has 0 saturated heterocycles. The van der Waals surface area contributed by atoms with Gasteiger partial charge < -0.3 is 11.2 Å². The van der Waals surface area contributed by atoms with Crippen molar-refractivity contribution in [1.29, 1.82) is 0 Å². The van der Waals surface area contributed by atoms with Crippen LogP contribution in [0.4, 0.5) is 11.5 Å². The van der Waals surface area contributed by atoms with Gasteiger partial charge >= 0.3 is 5.56 Å². The predicted molar refractivity (Wildman–Crippen MR) is 102 cm³/mol. The highest BCUT2D eigenvalue weighted by Gasteiger charge is 2.14. The van der Waals surface area contributed by atoms with E-state index in [0.29, 0.717) is 26.6 Å². The van der Waals surface area contributed by atoms with Crippen molar-refractivity contribution in [3.05, 3.63) is 74.5 Å². The summed E-state index contributed by atoms with van der Waals surface area (Å²) in [7, 11) is 0. The molecule has 128 valence electrons. The molecule has 0 saturated carbocycles. The summed E-state index contributed by atoms with van der Waals surface area (Å²) < 4.78 is 0.952. The largest absolute Gasteiger partial charge is 0.334 e. The Bertz CT molecular complexity index is 929. The van der Waals surface area contributed by atoms with Gasteiger partial charge in [0.05, 0.1) is 15.7 Å². The third-order valence-electron chi connectivity index (χ3n) is 3.28. The van der Waals surface area contributed by atoms with Gasteiger partial charge in [0.25, 0.3) is 0 Å². The average Bonchev–Trinajstić information content (AvgIpc) is 2.62. The smallest absolute Gasteiger partial charge is 0.315 e. The lowest BCUT2D eigenvalue weighted by atomic mass is 10.2. The Morgan fingerprint density at radius 1 is 1.04 bits per heavy atom. The number of aromatic nitrogens is 3. The zero-order chi connectivity index (χ0) is 17.8. The Morgan fingerprint density at radius 2 is 1.72 bits per heavy atom. The van der Waals surface area contributed by atoms with Crippen LogP contribution in [0.3, 0.4) is 0 Å². The van der Waals surface area contributed by atoms with Crippen LogP contribution in [0.25, 0.3) is 0 Å². The molecule has 2 aromatic carbocycles. The number of thioether (sulfide) groups is 1. The molecule has 0 bridgehead atoms. The van der Waals surface area contributed by atoms with Crippen LogP contribution in [0.2, 0.25) is 10.0 Å². The van der Waals surface area contributed by atoms with Crippen molar-refractivity contribution in [2.75, 3.05) is 11.2 Å². The highest BCUT2D eigenvalue weighted by atomic mass is 35.5. The van der Waals surface area contributed by atoms with Crippen LogP contribution in [0.15, 0.2) is 58.5 Å². The number of nitrogens with one attached hydrogen (secondary N) is 1. The highest BCUT2D eigenvalue weighted by Crippen LogP contribution is 2.31. The van der Waals surface area contributed by atoms with Crippen molar-refractivity contribution in [1.82, 2.24) is 14.9 Å². The number of nitrogens with zero attached hydrogens (tertiary/aromatic N) is 3. The number of anilines is 2. The summed E-state index contributed by atoms with van der Waals surface area (Å²) in [6.07, 6.45) is 0. The molecule has 3 N–H and O–H groups in total. The van der Waals surface area contributed by atoms with Gasteiger partial charge in [0.2, 0.25) is 11.0 Å². The van der Waals surface area contributed by atoms with Gasteiger partial charge in [0.1, 0.15) is 0 Å². The zero-order valence-electron chi connectivity index (χ0n) is 12.8. The molecule has 0 aliphatic heterocycles. The van der Waals surface area contributed by atoms with E-state index < -0.39 is 5.56 Å². The Balaban J connectivity index is 1.82. The van der Waals surface area contributed by atoms with Gasteiger partial charge in [0.15, 0.2) is 0 Å². The van der Waals surface area contributed by atoms with E-state index in [9.17, 15) is 4.79 Å². The van der Waals surface area contributed by atoms with Crippen molar-refractivity contribution in [3.8, 4) is 0 Å². The fourth-order valence-corrected chi connectivity index (χ4v) is 3.32. The topological polar surface area (TPSA) is 85.8 Å². The van der Waals surface area contributed by atoms with Crippen LogP contribution in [0, 0.1) is 0 Å². The summed E-state index contributed by atoms with van der Waals surface area (Å²) in [5, 5.41) is 11.8. The molecule has 1 aromatic heterocycles. The molecular formula is C16H13Cl2N5OS. The maximum atomic E-state index is 12.4. The van der Waals surface area contributed by atoms with Crippen LogP contribution in [0.1, 0.15) is 5.56 Å². The maximum absolute atomic E-state index is 12.4. The first-order valence-electron chi connectivity index (χ1n) is 7.19. The lowest BCUT2D eigenvalue weighted by Gasteiger charge is -2.11. The highest BCUT2D eigenvalue weighted by molar-refractivity contribution is 7.98. The van der Waals surface area contributed by atoms with Gasteiger partial charge in [0, 0.05) is 5.75 Å². The Morgan fingerprint density at radius 3 is 2.40 bits per heavy atom. The summed E-state index contributed by atoms with van der Waals surface area (Å²) in [6.45, 7) is 0. The van der Waals surface area contributed by atoms with Gasteiger partial charge in [-0.15, -0.1) is 10.2 Å².